The molecule has 2 heterocycles. The molecule has 0 saturated carbocycles. The molecule has 0 bridgehead atoms. The molecule has 6 nitrogen and oxygen atoms in total. The fourth-order valence-corrected chi connectivity index (χ4v) is 3.78. The largest absolute Gasteiger partial charge is 0.364 e. The topological polar surface area (TPSA) is 60.2 Å². The van der Waals surface area contributed by atoms with Crippen LogP contribution in [-0.2, 0) is 16.9 Å². The Hall–Kier alpha value is -2.99. The Bertz CT molecular complexity index is 883. The molecule has 2 atom stereocenters. The molecule has 0 unspecified atom stereocenters. The van der Waals surface area contributed by atoms with Gasteiger partial charge in [-0.15, -0.1) is 0 Å². The van der Waals surface area contributed by atoms with E-state index in [-0.39, 0.29) is 11.9 Å². The van der Waals surface area contributed by atoms with Crippen LogP contribution in [0, 0.1) is 0 Å². The lowest BCUT2D eigenvalue weighted by atomic mass is 9.84. The highest BCUT2D eigenvalue weighted by atomic mass is 16.5. The molecule has 138 valence electrons. The Morgan fingerprint density at radius 1 is 1.15 bits per heavy atom. The molecule has 4 rings (SSSR count). The molecule has 1 amide bonds. The summed E-state index contributed by atoms with van der Waals surface area (Å²) in [4.78, 5) is 19.1. The number of aromatic nitrogens is 3. The molecule has 0 aliphatic carbocycles. The van der Waals surface area contributed by atoms with Crippen LogP contribution in [0.15, 0.2) is 73.3 Å². The zero-order chi connectivity index (χ0) is 18.7. The maximum atomic E-state index is 13.2. The van der Waals surface area contributed by atoms with Gasteiger partial charge in [0.2, 0.25) is 0 Å². The lowest BCUT2D eigenvalue weighted by molar-refractivity contribution is -0.147. The molecular formula is C21H22N4O2. The Labute approximate surface area is 158 Å². The van der Waals surface area contributed by atoms with Gasteiger partial charge < -0.3 is 9.64 Å². The molecular weight excluding hydrogens is 340 g/mol. The van der Waals surface area contributed by atoms with Gasteiger partial charge in [0.15, 0.2) is 0 Å². The van der Waals surface area contributed by atoms with Gasteiger partial charge in [-0.1, -0.05) is 48.5 Å². The van der Waals surface area contributed by atoms with Gasteiger partial charge >= 0.3 is 0 Å². The second-order valence-electron chi connectivity index (χ2n) is 6.74. The van der Waals surface area contributed by atoms with E-state index in [1.165, 1.54) is 6.33 Å². The van der Waals surface area contributed by atoms with Crippen LogP contribution in [0.5, 0.6) is 0 Å². The fourth-order valence-electron chi connectivity index (χ4n) is 3.78. The maximum Gasteiger partial charge on any atom is 0.254 e. The summed E-state index contributed by atoms with van der Waals surface area (Å²) in [6, 6.07) is 19.3. The van der Waals surface area contributed by atoms with Crippen molar-refractivity contribution in [1.29, 1.82) is 0 Å². The van der Waals surface area contributed by atoms with E-state index in [0.717, 1.165) is 5.56 Å². The summed E-state index contributed by atoms with van der Waals surface area (Å²) < 4.78 is 8.13. The number of hydrogen-bond donors (Lipinski definition) is 0. The van der Waals surface area contributed by atoms with Gasteiger partial charge in [0.05, 0.1) is 19.2 Å². The first kappa shape index (κ1) is 17.4. The molecule has 3 aromatic rings. The predicted molar refractivity (Wildman–Crippen MR) is 101 cm³/mol. The van der Waals surface area contributed by atoms with Crippen molar-refractivity contribution in [2.24, 2.45) is 0 Å². The first-order chi connectivity index (χ1) is 13.2. The van der Waals surface area contributed by atoms with Crippen LogP contribution in [0.4, 0.5) is 0 Å². The van der Waals surface area contributed by atoms with Gasteiger partial charge in [-0.25, -0.2) is 9.67 Å². The summed E-state index contributed by atoms with van der Waals surface area (Å²) in [6.45, 7) is 3.55. The molecule has 2 aromatic carbocycles. The van der Waals surface area contributed by atoms with Crippen molar-refractivity contribution in [3.05, 3.63) is 84.4 Å². The molecule has 0 radical (unpaired) electrons. The molecule has 1 fully saturated rings. The molecule has 1 saturated heterocycles. The van der Waals surface area contributed by atoms with E-state index in [1.807, 2.05) is 72.5 Å². The smallest absolute Gasteiger partial charge is 0.254 e. The minimum atomic E-state index is -0.697. The molecule has 1 aliphatic heterocycles. The lowest BCUT2D eigenvalue weighted by Gasteiger charge is -2.48. The number of nitrogens with zero attached hydrogens (tertiary/aromatic N) is 4. The quantitative estimate of drug-likeness (QED) is 0.716. The minimum Gasteiger partial charge on any atom is -0.364 e. The lowest BCUT2D eigenvalue weighted by Crippen LogP contribution is -2.59. The van der Waals surface area contributed by atoms with E-state index >= 15 is 0 Å². The number of hydrogen-bond acceptors (Lipinski definition) is 4. The standard InChI is InChI=1S/C21H22N4O2/c1-17-21(14-24-16-22-15-23-24,19-10-6-3-7-11-19)27-13-12-25(17)20(26)18-8-4-2-5-9-18/h2-11,15-17H,12-14H2,1H3/t17-,21-/m1/s1. The molecule has 6 heteroatoms. The summed E-state index contributed by atoms with van der Waals surface area (Å²) in [5, 5.41) is 4.27. The Balaban J connectivity index is 1.73. The van der Waals surface area contributed by atoms with Crippen LogP contribution in [0.2, 0.25) is 0 Å². The minimum absolute atomic E-state index is 0.0188. The average molecular weight is 362 g/mol. The van der Waals surface area contributed by atoms with Crippen molar-refractivity contribution in [3.63, 3.8) is 0 Å². The third kappa shape index (κ3) is 3.24. The summed E-state index contributed by atoms with van der Waals surface area (Å²) in [7, 11) is 0. The van der Waals surface area contributed by atoms with Gasteiger partial charge in [0.1, 0.15) is 18.3 Å². The summed E-state index contributed by atoms with van der Waals surface area (Å²) >= 11 is 0. The highest BCUT2D eigenvalue weighted by Crippen LogP contribution is 2.37. The van der Waals surface area contributed by atoms with Crippen molar-refractivity contribution in [2.45, 2.75) is 25.1 Å². The summed E-state index contributed by atoms with van der Waals surface area (Å²) in [6.07, 6.45) is 3.19. The number of rotatable bonds is 4. The molecule has 0 spiro atoms. The van der Waals surface area contributed by atoms with Crippen molar-refractivity contribution in [3.8, 4) is 0 Å². The summed E-state index contributed by atoms with van der Waals surface area (Å²) in [5.41, 5.74) is 1.02. The molecule has 1 aromatic heterocycles. The van der Waals surface area contributed by atoms with Crippen molar-refractivity contribution >= 4 is 5.91 Å². The van der Waals surface area contributed by atoms with E-state index in [9.17, 15) is 4.79 Å². The number of ether oxygens (including phenoxy) is 1. The predicted octanol–water partition coefficient (Wildman–Crippen LogP) is 2.73. The summed E-state index contributed by atoms with van der Waals surface area (Å²) in [5.74, 6) is 0.0188. The van der Waals surface area contributed by atoms with Gasteiger partial charge in [-0.3, -0.25) is 4.79 Å². The number of carbonyl (C=O) groups excluding carboxylic acids is 1. The molecule has 1 aliphatic rings. The molecule has 0 N–H and O–H groups in total. The van der Waals surface area contributed by atoms with Crippen LogP contribution < -0.4 is 0 Å². The van der Waals surface area contributed by atoms with Crippen LogP contribution in [0.1, 0.15) is 22.8 Å². The van der Waals surface area contributed by atoms with Gasteiger partial charge in [0.25, 0.3) is 5.91 Å². The van der Waals surface area contributed by atoms with E-state index in [0.29, 0.717) is 25.3 Å². The van der Waals surface area contributed by atoms with E-state index in [1.54, 1.807) is 11.0 Å². The van der Waals surface area contributed by atoms with E-state index < -0.39 is 5.60 Å². The zero-order valence-corrected chi connectivity index (χ0v) is 15.2. The monoisotopic (exact) mass is 362 g/mol. The highest BCUT2D eigenvalue weighted by molar-refractivity contribution is 5.94. The zero-order valence-electron chi connectivity index (χ0n) is 15.2. The second-order valence-corrected chi connectivity index (χ2v) is 6.74. The third-order valence-electron chi connectivity index (χ3n) is 5.24. The van der Waals surface area contributed by atoms with Crippen molar-refractivity contribution in [1.82, 2.24) is 19.7 Å². The third-order valence-corrected chi connectivity index (χ3v) is 5.24. The molecule has 27 heavy (non-hydrogen) atoms. The van der Waals surface area contributed by atoms with Crippen molar-refractivity contribution < 1.29 is 9.53 Å². The van der Waals surface area contributed by atoms with E-state index in [2.05, 4.69) is 10.1 Å². The first-order valence-corrected chi connectivity index (χ1v) is 9.08. The van der Waals surface area contributed by atoms with Crippen molar-refractivity contribution in [2.75, 3.05) is 13.2 Å². The normalized spacial score (nSPS) is 22.6. The maximum absolute atomic E-state index is 13.2. The number of morpholine rings is 1. The van der Waals surface area contributed by atoms with E-state index in [4.69, 9.17) is 4.74 Å². The second kappa shape index (κ2) is 7.32. The van der Waals surface area contributed by atoms with Gasteiger partial charge in [-0.2, -0.15) is 5.10 Å². The fraction of sp³-hybridized carbons (Fsp3) is 0.286. The Morgan fingerprint density at radius 2 is 1.85 bits per heavy atom. The number of benzene rings is 2. The highest BCUT2D eigenvalue weighted by Gasteiger charge is 2.47. The van der Waals surface area contributed by atoms with Crippen LogP contribution in [-0.4, -0.2) is 44.8 Å². The van der Waals surface area contributed by atoms with Gasteiger partial charge in [-0.05, 0) is 24.6 Å². The Kier molecular flexibility index (Phi) is 4.73. The van der Waals surface area contributed by atoms with Crippen LogP contribution >= 0.6 is 0 Å². The first-order valence-electron chi connectivity index (χ1n) is 9.08. The Morgan fingerprint density at radius 3 is 2.52 bits per heavy atom. The SMILES string of the molecule is C[C@H]1N(C(=O)c2ccccc2)CCO[C@@]1(Cn1cncn1)c1ccccc1. The van der Waals surface area contributed by atoms with Gasteiger partial charge in [0, 0.05) is 12.1 Å². The average Bonchev–Trinajstić information content (AvgIpc) is 3.23. The number of carbonyl (C=O) groups is 1. The number of amides is 1. The van der Waals surface area contributed by atoms with Crippen LogP contribution in [0.25, 0.3) is 0 Å². The van der Waals surface area contributed by atoms with Crippen LogP contribution in [0.3, 0.4) is 0 Å².